The summed E-state index contributed by atoms with van der Waals surface area (Å²) >= 11 is 6.72. The summed E-state index contributed by atoms with van der Waals surface area (Å²) in [5, 5.41) is 11.1. The summed E-state index contributed by atoms with van der Waals surface area (Å²) in [5.41, 5.74) is 7.73. The van der Waals surface area contributed by atoms with Crippen LogP contribution in [0.25, 0.3) is 0 Å². The van der Waals surface area contributed by atoms with Gasteiger partial charge in [-0.1, -0.05) is 72.3 Å². The smallest absolute Gasteiger partial charge is 0.287 e. The largest absolute Gasteiger partial charge is 0.437 e. The number of aromatic nitrogens is 2. The second-order valence-electron chi connectivity index (χ2n) is 6.73. The molecule has 0 aliphatic rings. The van der Waals surface area contributed by atoms with Crippen molar-refractivity contribution in [3.8, 4) is 11.6 Å². The van der Waals surface area contributed by atoms with Crippen molar-refractivity contribution in [3.05, 3.63) is 123 Å². The molecule has 0 fully saturated rings. The average Bonchev–Trinajstić information content (AvgIpc) is 2.81. The van der Waals surface area contributed by atoms with Crippen LogP contribution in [0.3, 0.4) is 0 Å². The Labute approximate surface area is 183 Å². The standard InChI is InChI=1S/C23H17ClN4O3/c24-21-19(31-20-12-11-18(15-27-20)28(29)30)13-14-26-22(21)23(25,16-7-3-1-4-8-16)17-9-5-2-6-10-17/h1-15H,25H2. The van der Waals surface area contributed by atoms with Crippen molar-refractivity contribution >= 4 is 17.3 Å². The monoisotopic (exact) mass is 432 g/mol. The van der Waals surface area contributed by atoms with Gasteiger partial charge in [0.05, 0.1) is 10.6 Å². The van der Waals surface area contributed by atoms with Gasteiger partial charge in [0.15, 0.2) is 5.75 Å². The molecule has 7 nitrogen and oxygen atoms in total. The maximum absolute atomic E-state index is 10.8. The molecule has 0 radical (unpaired) electrons. The van der Waals surface area contributed by atoms with E-state index < -0.39 is 10.5 Å². The van der Waals surface area contributed by atoms with Crippen molar-refractivity contribution in [2.45, 2.75) is 5.54 Å². The lowest BCUT2D eigenvalue weighted by Crippen LogP contribution is -2.40. The van der Waals surface area contributed by atoms with E-state index in [1.54, 1.807) is 12.3 Å². The Bertz CT molecular complexity index is 1160. The lowest BCUT2D eigenvalue weighted by molar-refractivity contribution is -0.385. The summed E-state index contributed by atoms with van der Waals surface area (Å²) in [6.07, 6.45) is 2.67. The Morgan fingerprint density at radius 2 is 1.52 bits per heavy atom. The van der Waals surface area contributed by atoms with Crippen LogP contribution in [0, 0.1) is 10.1 Å². The van der Waals surface area contributed by atoms with E-state index in [0.717, 1.165) is 17.3 Å². The second kappa shape index (κ2) is 8.51. The van der Waals surface area contributed by atoms with Crippen LogP contribution in [-0.2, 0) is 5.54 Å². The highest BCUT2D eigenvalue weighted by Gasteiger charge is 2.36. The van der Waals surface area contributed by atoms with Crippen molar-refractivity contribution in [3.63, 3.8) is 0 Å². The molecule has 2 heterocycles. The highest BCUT2D eigenvalue weighted by molar-refractivity contribution is 6.32. The number of nitrogens with two attached hydrogens (primary N) is 1. The predicted octanol–water partition coefficient (Wildman–Crippen LogP) is 5.08. The third-order valence-electron chi connectivity index (χ3n) is 4.83. The van der Waals surface area contributed by atoms with E-state index >= 15 is 0 Å². The zero-order chi connectivity index (χ0) is 21.8. The number of ether oxygens (including phenoxy) is 1. The van der Waals surface area contributed by atoms with Crippen LogP contribution < -0.4 is 10.5 Å². The maximum atomic E-state index is 10.8. The maximum Gasteiger partial charge on any atom is 0.287 e. The molecular weight excluding hydrogens is 416 g/mol. The number of nitro groups is 1. The topological polar surface area (TPSA) is 104 Å². The van der Waals surface area contributed by atoms with Gasteiger partial charge in [-0.25, -0.2) is 4.98 Å². The molecule has 8 heteroatoms. The van der Waals surface area contributed by atoms with Gasteiger partial charge in [-0.2, -0.15) is 0 Å². The molecule has 31 heavy (non-hydrogen) atoms. The van der Waals surface area contributed by atoms with E-state index in [1.165, 1.54) is 12.1 Å². The van der Waals surface area contributed by atoms with Gasteiger partial charge in [-0.3, -0.25) is 15.1 Å². The van der Waals surface area contributed by atoms with Crippen LogP contribution in [0.15, 0.2) is 91.3 Å². The molecule has 0 spiro atoms. The quantitative estimate of drug-likeness (QED) is 0.336. The number of rotatable bonds is 6. The zero-order valence-electron chi connectivity index (χ0n) is 16.2. The number of benzene rings is 2. The minimum atomic E-state index is -1.14. The van der Waals surface area contributed by atoms with Crippen LogP contribution in [-0.4, -0.2) is 14.9 Å². The number of halogens is 1. The molecule has 0 saturated carbocycles. The van der Waals surface area contributed by atoms with Gasteiger partial charge in [-0.15, -0.1) is 0 Å². The molecule has 0 amide bonds. The van der Waals surface area contributed by atoms with Crippen molar-refractivity contribution in [1.29, 1.82) is 0 Å². The highest BCUT2D eigenvalue weighted by atomic mass is 35.5. The lowest BCUT2D eigenvalue weighted by atomic mass is 9.80. The van der Waals surface area contributed by atoms with Crippen LogP contribution in [0.2, 0.25) is 5.02 Å². The molecule has 154 valence electrons. The molecule has 0 unspecified atom stereocenters. The van der Waals surface area contributed by atoms with Crippen molar-refractivity contribution < 1.29 is 9.66 Å². The van der Waals surface area contributed by atoms with Gasteiger partial charge in [0, 0.05) is 24.4 Å². The summed E-state index contributed by atoms with van der Waals surface area (Å²) in [4.78, 5) is 18.8. The second-order valence-corrected chi connectivity index (χ2v) is 7.10. The Kier molecular flexibility index (Phi) is 5.62. The molecule has 0 bridgehead atoms. The fourth-order valence-electron chi connectivity index (χ4n) is 3.28. The molecule has 4 aromatic rings. The van der Waals surface area contributed by atoms with Gasteiger partial charge in [-0.05, 0) is 11.1 Å². The Morgan fingerprint density at radius 1 is 0.903 bits per heavy atom. The summed E-state index contributed by atoms with van der Waals surface area (Å²) in [6.45, 7) is 0. The van der Waals surface area contributed by atoms with Crippen molar-refractivity contribution in [2.75, 3.05) is 0 Å². The molecule has 0 aliphatic heterocycles. The molecule has 2 N–H and O–H groups in total. The highest BCUT2D eigenvalue weighted by Crippen LogP contribution is 2.40. The van der Waals surface area contributed by atoms with E-state index in [-0.39, 0.29) is 22.3 Å². The fraction of sp³-hybridized carbons (Fsp3) is 0.0435. The molecule has 0 aliphatic carbocycles. The summed E-state index contributed by atoms with van der Waals surface area (Å²) in [6, 6.07) is 23.4. The van der Waals surface area contributed by atoms with Crippen LogP contribution in [0.5, 0.6) is 11.6 Å². The lowest BCUT2D eigenvalue weighted by Gasteiger charge is -2.31. The summed E-state index contributed by atoms with van der Waals surface area (Å²) in [5.74, 6) is 0.446. The molecule has 4 rings (SSSR count). The molecule has 2 aromatic heterocycles. The number of pyridine rings is 2. The van der Waals surface area contributed by atoms with E-state index in [2.05, 4.69) is 9.97 Å². The summed E-state index contributed by atoms with van der Waals surface area (Å²) < 4.78 is 5.79. The fourth-order valence-corrected chi connectivity index (χ4v) is 3.57. The molecule has 2 aromatic carbocycles. The predicted molar refractivity (Wildman–Crippen MR) is 117 cm³/mol. The Morgan fingerprint density at radius 3 is 2.03 bits per heavy atom. The minimum absolute atomic E-state index is 0.136. The first kappa shape index (κ1) is 20.5. The molecule has 0 saturated heterocycles. The number of nitrogens with zero attached hydrogens (tertiary/aromatic N) is 3. The first-order valence-corrected chi connectivity index (χ1v) is 9.71. The first-order chi connectivity index (χ1) is 15.0. The van der Waals surface area contributed by atoms with Crippen LogP contribution in [0.1, 0.15) is 16.8 Å². The van der Waals surface area contributed by atoms with Gasteiger partial charge in [0.25, 0.3) is 5.69 Å². The first-order valence-electron chi connectivity index (χ1n) is 9.33. The van der Waals surface area contributed by atoms with Crippen molar-refractivity contribution in [1.82, 2.24) is 9.97 Å². The minimum Gasteiger partial charge on any atom is -0.437 e. The third-order valence-corrected chi connectivity index (χ3v) is 5.20. The van der Waals surface area contributed by atoms with Gasteiger partial charge < -0.3 is 10.5 Å². The van der Waals surface area contributed by atoms with Crippen LogP contribution >= 0.6 is 11.6 Å². The van der Waals surface area contributed by atoms with E-state index in [1.807, 2.05) is 60.7 Å². The average molecular weight is 433 g/mol. The van der Waals surface area contributed by atoms with Crippen LogP contribution in [0.4, 0.5) is 5.69 Å². The van der Waals surface area contributed by atoms with E-state index in [9.17, 15) is 10.1 Å². The SMILES string of the molecule is NC(c1ccccc1)(c1ccccc1)c1nccc(Oc2ccc([N+](=O)[O-])cn2)c1Cl. The molecule has 0 atom stereocenters. The van der Waals surface area contributed by atoms with Gasteiger partial charge in [0.2, 0.25) is 5.88 Å². The Balaban J connectivity index is 1.80. The number of hydrogen-bond acceptors (Lipinski definition) is 6. The zero-order valence-corrected chi connectivity index (χ0v) is 16.9. The van der Waals surface area contributed by atoms with Gasteiger partial charge in [0.1, 0.15) is 16.8 Å². The number of hydrogen-bond donors (Lipinski definition) is 1. The van der Waals surface area contributed by atoms with E-state index in [0.29, 0.717) is 5.69 Å². The third kappa shape index (κ3) is 3.96. The molecular formula is C23H17ClN4O3. The summed E-state index contributed by atoms with van der Waals surface area (Å²) in [7, 11) is 0. The van der Waals surface area contributed by atoms with Gasteiger partial charge >= 0.3 is 0 Å². The van der Waals surface area contributed by atoms with E-state index in [4.69, 9.17) is 22.1 Å². The normalized spacial score (nSPS) is 11.2. The Hall–Kier alpha value is -3.81. The van der Waals surface area contributed by atoms with Crippen molar-refractivity contribution in [2.24, 2.45) is 5.73 Å².